The lowest BCUT2D eigenvalue weighted by atomic mass is 9.81. The molecule has 0 fully saturated rings. The molecule has 0 aliphatic rings. The number of amides is 1. The summed E-state index contributed by atoms with van der Waals surface area (Å²) < 4.78 is 0. The van der Waals surface area contributed by atoms with Gasteiger partial charge in [-0.15, -0.1) is 0 Å². The average Bonchev–Trinajstić information content (AvgIpc) is 2.40. The van der Waals surface area contributed by atoms with E-state index in [1.807, 2.05) is 13.8 Å². The highest BCUT2D eigenvalue weighted by atomic mass is 32.1. The van der Waals surface area contributed by atoms with Crippen LogP contribution in [0.15, 0.2) is 0 Å². The van der Waals surface area contributed by atoms with E-state index < -0.39 is 5.41 Å². The van der Waals surface area contributed by atoms with Gasteiger partial charge in [0.2, 0.25) is 5.91 Å². The third kappa shape index (κ3) is 5.07. The molecule has 0 heterocycles. The smallest absolute Gasteiger partial charge is 0.233 e. The SMILES string of the molecule is CCN(CC)CCCNC(=O)C(CC)(CC)C(N)=S. The zero-order valence-corrected chi connectivity index (χ0v) is 13.6. The number of rotatable bonds is 10. The molecule has 4 nitrogen and oxygen atoms in total. The first kappa shape index (κ1) is 18.3. The maximum absolute atomic E-state index is 12.3. The molecule has 0 bridgehead atoms. The van der Waals surface area contributed by atoms with E-state index in [0.717, 1.165) is 26.1 Å². The number of hydrogen-bond acceptors (Lipinski definition) is 3. The highest BCUT2D eigenvalue weighted by Crippen LogP contribution is 2.27. The van der Waals surface area contributed by atoms with Gasteiger partial charge in [-0.2, -0.15) is 0 Å². The first-order chi connectivity index (χ1) is 8.98. The maximum Gasteiger partial charge on any atom is 0.233 e. The van der Waals surface area contributed by atoms with Gasteiger partial charge in [-0.25, -0.2) is 0 Å². The molecule has 0 unspecified atom stereocenters. The molecule has 0 aromatic heterocycles. The zero-order chi connectivity index (χ0) is 14.9. The first-order valence-corrected chi connectivity index (χ1v) is 7.69. The average molecular weight is 287 g/mol. The van der Waals surface area contributed by atoms with Crippen molar-refractivity contribution < 1.29 is 4.79 Å². The Bertz CT molecular complexity index is 286. The largest absolute Gasteiger partial charge is 0.392 e. The number of thiocarbonyl (C=S) groups is 1. The molecule has 112 valence electrons. The van der Waals surface area contributed by atoms with Gasteiger partial charge in [0.1, 0.15) is 0 Å². The number of nitrogens with one attached hydrogen (secondary N) is 1. The van der Waals surface area contributed by atoms with Crippen molar-refractivity contribution in [3.63, 3.8) is 0 Å². The highest BCUT2D eigenvalue weighted by molar-refractivity contribution is 7.80. The lowest BCUT2D eigenvalue weighted by Crippen LogP contribution is -2.48. The molecule has 0 spiro atoms. The Hall–Kier alpha value is -0.680. The molecule has 0 saturated heterocycles. The van der Waals surface area contributed by atoms with Crippen LogP contribution in [0.3, 0.4) is 0 Å². The van der Waals surface area contributed by atoms with Crippen LogP contribution >= 0.6 is 12.2 Å². The Kier molecular flexibility index (Phi) is 8.93. The Labute approximate surface area is 123 Å². The maximum atomic E-state index is 12.3. The normalized spacial score (nSPS) is 11.6. The lowest BCUT2D eigenvalue weighted by Gasteiger charge is -2.29. The van der Waals surface area contributed by atoms with Crippen molar-refractivity contribution in [3.05, 3.63) is 0 Å². The molecule has 0 saturated carbocycles. The van der Waals surface area contributed by atoms with Crippen molar-refractivity contribution in [2.75, 3.05) is 26.2 Å². The molecule has 1 amide bonds. The third-order valence-electron chi connectivity index (χ3n) is 3.94. The summed E-state index contributed by atoms with van der Waals surface area (Å²) >= 11 is 5.07. The Morgan fingerprint density at radius 1 is 1.21 bits per heavy atom. The number of carbonyl (C=O) groups excluding carboxylic acids is 1. The van der Waals surface area contributed by atoms with Crippen LogP contribution in [-0.2, 0) is 4.79 Å². The molecule has 0 aliphatic carbocycles. The van der Waals surface area contributed by atoms with Crippen molar-refractivity contribution in [1.29, 1.82) is 0 Å². The summed E-state index contributed by atoms with van der Waals surface area (Å²) in [5.41, 5.74) is 5.08. The molecule has 0 radical (unpaired) electrons. The monoisotopic (exact) mass is 287 g/mol. The van der Waals surface area contributed by atoms with Crippen molar-refractivity contribution in [2.45, 2.75) is 47.0 Å². The number of nitrogens with two attached hydrogens (primary N) is 1. The van der Waals surface area contributed by atoms with E-state index in [2.05, 4.69) is 24.1 Å². The van der Waals surface area contributed by atoms with E-state index in [4.69, 9.17) is 18.0 Å². The van der Waals surface area contributed by atoms with Crippen molar-refractivity contribution in [3.8, 4) is 0 Å². The van der Waals surface area contributed by atoms with Crippen molar-refractivity contribution in [1.82, 2.24) is 10.2 Å². The second-order valence-corrected chi connectivity index (χ2v) is 5.23. The Morgan fingerprint density at radius 3 is 2.11 bits per heavy atom. The highest BCUT2D eigenvalue weighted by Gasteiger charge is 2.37. The van der Waals surface area contributed by atoms with Crippen LogP contribution < -0.4 is 11.1 Å². The fourth-order valence-corrected chi connectivity index (χ4v) is 2.63. The van der Waals surface area contributed by atoms with E-state index >= 15 is 0 Å². The van der Waals surface area contributed by atoms with Crippen LogP contribution in [0.25, 0.3) is 0 Å². The van der Waals surface area contributed by atoms with Gasteiger partial charge in [0.25, 0.3) is 0 Å². The molecular formula is C14H29N3OS. The zero-order valence-electron chi connectivity index (χ0n) is 12.8. The molecule has 0 atom stereocenters. The first-order valence-electron chi connectivity index (χ1n) is 7.28. The summed E-state index contributed by atoms with van der Waals surface area (Å²) in [6.07, 6.45) is 2.26. The third-order valence-corrected chi connectivity index (χ3v) is 4.34. The van der Waals surface area contributed by atoms with E-state index in [1.54, 1.807) is 0 Å². The standard InChI is InChI=1S/C14H29N3OS/c1-5-14(6-2,12(15)19)13(18)16-10-9-11-17(7-3)8-4/h5-11H2,1-4H3,(H2,15,19)(H,16,18). The molecule has 19 heavy (non-hydrogen) atoms. The minimum absolute atomic E-state index is 0.0236. The van der Waals surface area contributed by atoms with Gasteiger partial charge in [0.05, 0.1) is 10.4 Å². The van der Waals surface area contributed by atoms with Crippen LogP contribution in [0.1, 0.15) is 47.0 Å². The molecule has 5 heteroatoms. The van der Waals surface area contributed by atoms with Gasteiger partial charge in [-0.1, -0.05) is 39.9 Å². The molecule has 0 aliphatic heterocycles. The lowest BCUT2D eigenvalue weighted by molar-refractivity contribution is -0.127. The van der Waals surface area contributed by atoms with Crippen LogP contribution in [0.4, 0.5) is 0 Å². The quantitative estimate of drug-likeness (QED) is 0.476. The van der Waals surface area contributed by atoms with Crippen LogP contribution in [0.5, 0.6) is 0 Å². The summed E-state index contributed by atoms with van der Waals surface area (Å²) in [7, 11) is 0. The van der Waals surface area contributed by atoms with E-state index in [0.29, 0.717) is 24.4 Å². The van der Waals surface area contributed by atoms with E-state index in [1.165, 1.54) is 0 Å². The summed E-state index contributed by atoms with van der Waals surface area (Å²) in [6.45, 7) is 12.0. The minimum Gasteiger partial charge on any atom is -0.392 e. The summed E-state index contributed by atoms with van der Waals surface area (Å²) in [5, 5.41) is 2.98. The van der Waals surface area contributed by atoms with Gasteiger partial charge >= 0.3 is 0 Å². The summed E-state index contributed by atoms with van der Waals surface area (Å²) in [4.78, 5) is 14.9. The Morgan fingerprint density at radius 2 is 1.74 bits per heavy atom. The summed E-state index contributed by atoms with van der Waals surface area (Å²) in [6, 6.07) is 0. The van der Waals surface area contributed by atoms with Crippen LogP contribution in [0, 0.1) is 5.41 Å². The predicted molar refractivity (Wildman–Crippen MR) is 85.2 cm³/mol. The van der Waals surface area contributed by atoms with E-state index in [-0.39, 0.29) is 5.91 Å². The molecule has 3 N–H and O–H groups in total. The molecule has 0 aromatic carbocycles. The number of hydrogen-bond donors (Lipinski definition) is 2. The van der Waals surface area contributed by atoms with Gasteiger partial charge in [-0.3, -0.25) is 4.79 Å². The molecular weight excluding hydrogens is 258 g/mol. The van der Waals surface area contributed by atoms with Crippen LogP contribution in [0.2, 0.25) is 0 Å². The van der Waals surface area contributed by atoms with Gasteiger partial charge in [0.15, 0.2) is 0 Å². The van der Waals surface area contributed by atoms with Crippen LogP contribution in [-0.4, -0.2) is 42.0 Å². The van der Waals surface area contributed by atoms with E-state index in [9.17, 15) is 4.79 Å². The molecule has 0 rings (SSSR count). The number of nitrogens with zero attached hydrogens (tertiary/aromatic N) is 1. The fraction of sp³-hybridized carbons (Fsp3) is 0.857. The second-order valence-electron chi connectivity index (χ2n) is 4.79. The van der Waals surface area contributed by atoms with Crippen molar-refractivity contribution in [2.24, 2.45) is 11.1 Å². The topological polar surface area (TPSA) is 58.4 Å². The Balaban J connectivity index is 4.26. The summed E-state index contributed by atoms with van der Waals surface area (Å²) in [5.74, 6) is -0.0236. The fourth-order valence-electron chi connectivity index (χ4n) is 2.25. The van der Waals surface area contributed by atoms with Gasteiger partial charge in [-0.05, 0) is 38.9 Å². The molecule has 0 aromatic rings. The minimum atomic E-state index is -0.676. The van der Waals surface area contributed by atoms with Gasteiger partial charge in [0, 0.05) is 6.54 Å². The van der Waals surface area contributed by atoms with Crippen molar-refractivity contribution >= 4 is 23.1 Å². The second kappa shape index (κ2) is 9.26. The predicted octanol–water partition coefficient (Wildman–Crippen LogP) is 1.93. The van der Waals surface area contributed by atoms with Gasteiger partial charge < -0.3 is 16.0 Å². The number of carbonyl (C=O) groups is 1.